The Morgan fingerprint density at radius 1 is 1.14 bits per heavy atom. The van der Waals surface area contributed by atoms with E-state index in [9.17, 15) is 4.79 Å². The van der Waals surface area contributed by atoms with Crippen molar-refractivity contribution in [1.82, 2.24) is 15.2 Å². The van der Waals surface area contributed by atoms with Crippen LogP contribution in [-0.2, 0) is 0 Å². The summed E-state index contributed by atoms with van der Waals surface area (Å²) in [5, 5.41) is 5.88. The number of hydrogen-bond donors (Lipinski definition) is 2. The lowest BCUT2D eigenvalue weighted by Crippen LogP contribution is -2.36. The molecule has 2 aliphatic heterocycles. The number of likely N-dealkylation sites (tertiary alicyclic amines) is 1. The maximum Gasteiger partial charge on any atom is 0.319 e. The van der Waals surface area contributed by atoms with Crippen molar-refractivity contribution in [3.8, 4) is 0 Å². The molecular weight excluding hydrogens is 278 g/mol. The zero-order valence-electron chi connectivity index (χ0n) is 13.1. The van der Waals surface area contributed by atoms with Gasteiger partial charge in [-0.05, 0) is 50.9 Å². The van der Waals surface area contributed by atoms with Gasteiger partial charge in [-0.15, -0.1) is 0 Å². The van der Waals surface area contributed by atoms with Gasteiger partial charge in [0.05, 0.1) is 5.69 Å². The highest BCUT2D eigenvalue weighted by Crippen LogP contribution is 2.25. The zero-order valence-corrected chi connectivity index (χ0v) is 13.1. The predicted molar refractivity (Wildman–Crippen MR) is 88.4 cm³/mol. The minimum Gasteiger partial charge on any atom is -0.355 e. The number of carbonyl (C=O) groups is 1. The number of amides is 2. The Balaban J connectivity index is 1.50. The number of anilines is 2. The largest absolute Gasteiger partial charge is 0.355 e. The van der Waals surface area contributed by atoms with Crippen molar-refractivity contribution in [2.24, 2.45) is 0 Å². The van der Waals surface area contributed by atoms with Crippen LogP contribution < -0.4 is 15.5 Å². The van der Waals surface area contributed by atoms with Gasteiger partial charge in [-0.25, -0.2) is 9.78 Å². The number of rotatable bonds is 5. The van der Waals surface area contributed by atoms with Crippen LogP contribution in [0.15, 0.2) is 18.3 Å². The molecule has 3 heterocycles. The minimum absolute atomic E-state index is 0.146. The number of aromatic nitrogens is 1. The first kappa shape index (κ1) is 15.1. The van der Waals surface area contributed by atoms with Crippen LogP contribution in [0.3, 0.4) is 0 Å². The molecule has 22 heavy (non-hydrogen) atoms. The van der Waals surface area contributed by atoms with Gasteiger partial charge in [-0.1, -0.05) is 0 Å². The van der Waals surface area contributed by atoms with E-state index in [1.807, 2.05) is 12.1 Å². The van der Waals surface area contributed by atoms with Crippen LogP contribution in [0.25, 0.3) is 0 Å². The quantitative estimate of drug-likeness (QED) is 0.872. The molecule has 1 aromatic heterocycles. The number of nitrogens with zero attached hydrogens (tertiary/aromatic N) is 3. The van der Waals surface area contributed by atoms with Gasteiger partial charge in [0.1, 0.15) is 0 Å². The Bertz CT molecular complexity index is 495. The normalized spacial score (nSPS) is 18.6. The topological polar surface area (TPSA) is 60.5 Å². The van der Waals surface area contributed by atoms with Gasteiger partial charge in [0.2, 0.25) is 0 Å². The van der Waals surface area contributed by atoms with E-state index >= 15 is 0 Å². The van der Waals surface area contributed by atoms with E-state index in [0.717, 1.165) is 44.2 Å². The van der Waals surface area contributed by atoms with Gasteiger partial charge in [-0.3, -0.25) is 0 Å². The van der Waals surface area contributed by atoms with Gasteiger partial charge in [0, 0.05) is 32.4 Å². The van der Waals surface area contributed by atoms with Gasteiger partial charge < -0.3 is 20.4 Å². The van der Waals surface area contributed by atoms with Crippen molar-refractivity contribution in [1.29, 1.82) is 0 Å². The lowest BCUT2D eigenvalue weighted by molar-refractivity contribution is 0.249. The van der Waals surface area contributed by atoms with Crippen LogP contribution in [0.2, 0.25) is 0 Å². The van der Waals surface area contributed by atoms with Crippen molar-refractivity contribution >= 4 is 17.5 Å². The number of carbonyl (C=O) groups excluding carboxylic acids is 1. The summed E-state index contributed by atoms with van der Waals surface area (Å²) in [5.41, 5.74) is 0.795. The fraction of sp³-hybridized carbons (Fsp3) is 0.625. The number of nitrogens with one attached hydrogen (secondary N) is 2. The number of urea groups is 1. The van der Waals surface area contributed by atoms with Crippen LogP contribution in [0.1, 0.15) is 25.7 Å². The number of hydrogen-bond acceptors (Lipinski definition) is 4. The summed E-state index contributed by atoms with van der Waals surface area (Å²) < 4.78 is 0. The summed E-state index contributed by atoms with van der Waals surface area (Å²) in [4.78, 5) is 21.1. The lowest BCUT2D eigenvalue weighted by Gasteiger charge is -2.20. The first-order chi connectivity index (χ1) is 10.8. The maximum absolute atomic E-state index is 12.1. The van der Waals surface area contributed by atoms with Crippen LogP contribution >= 0.6 is 0 Å². The lowest BCUT2D eigenvalue weighted by atomic mass is 10.3. The SMILES string of the molecule is O=C(NCCN1CCCC1)Nc1cccnc1N1CCCC1. The van der Waals surface area contributed by atoms with Crippen LogP contribution in [0.4, 0.5) is 16.3 Å². The first-order valence-corrected chi connectivity index (χ1v) is 8.30. The van der Waals surface area contributed by atoms with Crippen molar-refractivity contribution < 1.29 is 4.79 Å². The molecule has 0 radical (unpaired) electrons. The fourth-order valence-corrected chi connectivity index (χ4v) is 3.18. The van der Waals surface area contributed by atoms with E-state index in [2.05, 4.69) is 25.4 Å². The number of pyridine rings is 1. The summed E-state index contributed by atoms with van der Waals surface area (Å²) >= 11 is 0. The second kappa shape index (κ2) is 7.45. The van der Waals surface area contributed by atoms with E-state index in [-0.39, 0.29) is 6.03 Å². The third kappa shape index (κ3) is 3.88. The van der Waals surface area contributed by atoms with Gasteiger partial charge in [0.15, 0.2) is 5.82 Å². The third-order valence-electron chi connectivity index (χ3n) is 4.35. The molecule has 3 rings (SSSR count). The average molecular weight is 303 g/mol. The standard InChI is InChI=1S/C16H25N5O/c22-16(18-8-13-20-9-1-2-10-20)19-14-6-5-7-17-15(14)21-11-3-4-12-21/h5-7H,1-4,8-13H2,(H2,18,19,22). The van der Waals surface area contributed by atoms with Crippen molar-refractivity contribution in [2.75, 3.05) is 49.5 Å². The third-order valence-corrected chi connectivity index (χ3v) is 4.35. The van der Waals surface area contributed by atoms with Crippen molar-refractivity contribution in [3.05, 3.63) is 18.3 Å². The molecule has 0 saturated carbocycles. The molecule has 0 unspecified atom stereocenters. The average Bonchev–Trinajstić information content (AvgIpc) is 3.21. The Kier molecular flexibility index (Phi) is 5.11. The molecule has 6 nitrogen and oxygen atoms in total. The highest BCUT2D eigenvalue weighted by molar-refractivity contribution is 5.92. The molecule has 2 fully saturated rings. The summed E-state index contributed by atoms with van der Waals surface area (Å²) in [5.74, 6) is 0.884. The Hall–Kier alpha value is -1.82. The highest BCUT2D eigenvalue weighted by Gasteiger charge is 2.18. The Morgan fingerprint density at radius 2 is 1.86 bits per heavy atom. The molecule has 0 aliphatic carbocycles. The molecule has 6 heteroatoms. The van der Waals surface area contributed by atoms with E-state index in [0.29, 0.717) is 6.54 Å². The molecule has 2 saturated heterocycles. The molecule has 120 valence electrons. The van der Waals surface area contributed by atoms with Crippen molar-refractivity contribution in [2.45, 2.75) is 25.7 Å². The van der Waals surface area contributed by atoms with E-state index in [1.54, 1.807) is 6.20 Å². The van der Waals surface area contributed by atoms with Crippen LogP contribution in [-0.4, -0.2) is 55.2 Å². The Labute approximate surface area is 131 Å². The summed E-state index contributed by atoms with van der Waals surface area (Å²) in [6, 6.07) is 3.63. The molecule has 0 atom stereocenters. The second-order valence-electron chi connectivity index (χ2n) is 6.00. The minimum atomic E-state index is -0.146. The monoisotopic (exact) mass is 303 g/mol. The predicted octanol–water partition coefficient (Wildman–Crippen LogP) is 1.90. The molecule has 0 spiro atoms. The van der Waals surface area contributed by atoms with Gasteiger partial charge >= 0.3 is 6.03 Å². The first-order valence-electron chi connectivity index (χ1n) is 8.30. The van der Waals surface area contributed by atoms with Crippen molar-refractivity contribution in [3.63, 3.8) is 0 Å². The highest BCUT2D eigenvalue weighted by atomic mass is 16.2. The summed E-state index contributed by atoms with van der Waals surface area (Å²) in [6.45, 7) is 5.96. The van der Waals surface area contributed by atoms with E-state index in [4.69, 9.17) is 0 Å². The molecule has 0 bridgehead atoms. The van der Waals surface area contributed by atoms with E-state index < -0.39 is 0 Å². The molecule has 2 aliphatic rings. The van der Waals surface area contributed by atoms with Gasteiger partial charge in [-0.2, -0.15) is 0 Å². The Morgan fingerprint density at radius 3 is 2.64 bits per heavy atom. The zero-order chi connectivity index (χ0) is 15.2. The summed E-state index contributed by atoms with van der Waals surface area (Å²) in [6.07, 6.45) is 6.72. The van der Waals surface area contributed by atoms with E-state index in [1.165, 1.54) is 25.7 Å². The van der Waals surface area contributed by atoms with Crippen LogP contribution in [0, 0.1) is 0 Å². The summed E-state index contributed by atoms with van der Waals surface area (Å²) in [7, 11) is 0. The molecule has 0 aromatic carbocycles. The second-order valence-corrected chi connectivity index (χ2v) is 6.00. The smallest absolute Gasteiger partial charge is 0.319 e. The van der Waals surface area contributed by atoms with Crippen LogP contribution in [0.5, 0.6) is 0 Å². The molecular formula is C16H25N5O. The maximum atomic E-state index is 12.1. The van der Waals surface area contributed by atoms with Gasteiger partial charge in [0.25, 0.3) is 0 Å². The molecule has 1 aromatic rings. The fourth-order valence-electron chi connectivity index (χ4n) is 3.18. The molecule has 2 amide bonds. The molecule has 2 N–H and O–H groups in total.